The van der Waals surface area contributed by atoms with Crippen LogP contribution in [0.1, 0.15) is 12.8 Å². The normalized spacial score (nSPS) is 16.6. The van der Waals surface area contributed by atoms with E-state index < -0.39 is 5.97 Å². The maximum atomic E-state index is 11.8. The highest BCUT2D eigenvalue weighted by Gasteiger charge is 2.27. The summed E-state index contributed by atoms with van der Waals surface area (Å²) in [6.07, 6.45) is 1.09. The number of rotatable bonds is 3. The number of likely N-dealkylation sites (N-methyl/N-ethyl adjacent to an activating group) is 1. The molecule has 7 heteroatoms. The van der Waals surface area contributed by atoms with Crippen LogP contribution >= 0.6 is 0 Å². The van der Waals surface area contributed by atoms with Gasteiger partial charge in [-0.1, -0.05) is 0 Å². The fourth-order valence-corrected chi connectivity index (χ4v) is 1.87. The Labute approximate surface area is 99.2 Å². The molecule has 0 aromatic carbocycles. The van der Waals surface area contributed by atoms with E-state index in [0.717, 1.165) is 4.90 Å². The Bertz CT molecular complexity index is 324. The molecule has 0 unspecified atom stereocenters. The Kier molecular flexibility index (Phi) is 4.30. The highest BCUT2D eigenvalue weighted by atomic mass is 16.4. The maximum absolute atomic E-state index is 11.8. The molecular formula is C10H17N3O4. The van der Waals surface area contributed by atoms with Gasteiger partial charge in [0.2, 0.25) is 5.91 Å². The first-order valence-corrected chi connectivity index (χ1v) is 5.43. The van der Waals surface area contributed by atoms with E-state index in [9.17, 15) is 14.4 Å². The summed E-state index contributed by atoms with van der Waals surface area (Å²) in [6.45, 7) is 0.557. The van der Waals surface area contributed by atoms with Gasteiger partial charge in [0.25, 0.3) is 0 Å². The number of amides is 3. The van der Waals surface area contributed by atoms with E-state index in [1.54, 1.807) is 4.90 Å². The van der Waals surface area contributed by atoms with E-state index in [2.05, 4.69) is 0 Å². The van der Waals surface area contributed by atoms with Crippen LogP contribution in [0.4, 0.5) is 4.79 Å². The van der Waals surface area contributed by atoms with Crippen LogP contribution in [-0.2, 0) is 9.59 Å². The number of hydrogen-bond acceptors (Lipinski definition) is 3. The highest BCUT2D eigenvalue weighted by molar-refractivity contribution is 5.80. The molecule has 0 atom stereocenters. The Morgan fingerprint density at radius 2 is 1.88 bits per heavy atom. The second-order valence-electron chi connectivity index (χ2n) is 4.20. The van der Waals surface area contributed by atoms with Crippen molar-refractivity contribution in [2.45, 2.75) is 12.8 Å². The van der Waals surface area contributed by atoms with Crippen LogP contribution in [-0.4, -0.2) is 59.5 Å². The molecule has 17 heavy (non-hydrogen) atoms. The SMILES string of the molecule is CN(CC(=O)O)C(=O)N1CCC(C(N)=O)CC1. The molecule has 1 fully saturated rings. The van der Waals surface area contributed by atoms with Crippen LogP contribution < -0.4 is 5.73 Å². The first kappa shape index (κ1) is 13.3. The Morgan fingerprint density at radius 3 is 2.29 bits per heavy atom. The average molecular weight is 243 g/mol. The zero-order chi connectivity index (χ0) is 13.0. The minimum Gasteiger partial charge on any atom is -0.480 e. The Hall–Kier alpha value is -1.79. The predicted octanol–water partition coefficient (Wildman–Crippen LogP) is -0.680. The van der Waals surface area contributed by atoms with E-state index in [1.807, 2.05) is 0 Å². The number of piperidine rings is 1. The smallest absolute Gasteiger partial charge is 0.323 e. The van der Waals surface area contributed by atoms with Crippen molar-refractivity contribution in [1.82, 2.24) is 9.80 Å². The fraction of sp³-hybridized carbons (Fsp3) is 0.700. The van der Waals surface area contributed by atoms with E-state index in [4.69, 9.17) is 10.8 Å². The lowest BCUT2D eigenvalue weighted by Crippen LogP contribution is -2.47. The number of urea groups is 1. The van der Waals surface area contributed by atoms with Crippen molar-refractivity contribution in [2.75, 3.05) is 26.7 Å². The molecule has 1 rings (SSSR count). The summed E-state index contributed by atoms with van der Waals surface area (Å²) < 4.78 is 0. The zero-order valence-electron chi connectivity index (χ0n) is 9.76. The van der Waals surface area contributed by atoms with Crippen molar-refractivity contribution in [3.05, 3.63) is 0 Å². The van der Waals surface area contributed by atoms with Crippen LogP contribution in [0.2, 0.25) is 0 Å². The van der Waals surface area contributed by atoms with Crippen molar-refractivity contribution >= 4 is 17.9 Å². The molecule has 1 saturated heterocycles. The first-order valence-electron chi connectivity index (χ1n) is 5.43. The van der Waals surface area contributed by atoms with Crippen LogP contribution in [0.25, 0.3) is 0 Å². The van der Waals surface area contributed by atoms with Gasteiger partial charge in [0.05, 0.1) is 0 Å². The summed E-state index contributed by atoms with van der Waals surface area (Å²) in [5.74, 6) is -1.56. The van der Waals surface area contributed by atoms with Gasteiger partial charge in [-0.15, -0.1) is 0 Å². The van der Waals surface area contributed by atoms with Gasteiger partial charge in [-0.2, -0.15) is 0 Å². The molecule has 1 heterocycles. The molecule has 0 aromatic rings. The largest absolute Gasteiger partial charge is 0.480 e. The van der Waals surface area contributed by atoms with E-state index in [1.165, 1.54) is 7.05 Å². The van der Waals surface area contributed by atoms with E-state index >= 15 is 0 Å². The number of carbonyl (C=O) groups excluding carboxylic acids is 2. The van der Waals surface area contributed by atoms with Gasteiger partial charge in [0, 0.05) is 26.1 Å². The van der Waals surface area contributed by atoms with Crippen LogP contribution in [0.3, 0.4) is 0 Å². The van der Waals surface area contributed by atoms with Gasteiger partial charge in [0.1, 0.15) is 6.54 Å². The third-order valence-corrected chi connectivity index (χ3v) is 2.87. The molecule has 1 aliphatic heterocycles. The quantitative estimate of drug-likeness (QED) is 0.685. The van der Waals surface area contributed by atoms with Gasteiger partial charge in [-0.05, 0) is 12.8 Å². The summed E-state index contributed by atoms with van der Waals surface area (Å²) in [5, 5.41) is 8.57. The summed E-state index contributed by atoms with van der Waals surface area (Å²) in [4.78, 5) is 35.9. The third-order valence-electron chi connectivity index (χ3n) is 2.87. The molecule has 0 aliphatic carbocycles. The second-order valence-corrected chi connectivity index (χ2v) is 4.20. The molecule has 0 spiro atoms. The van der Waals surface area contributed by atoms with Gasteiger partial charge >= 0.3 is 12.0 Å². The van der Waals surface area contributed by atoms with Gasteiger partial charge in [-0.25, -0.2) is 4.79 Å². The Balaban J connectivity index is 2.45. The lowest BCUT2D eigenvalue weighted by Gasteiger charge is -2.33. The van der Waals surface area contributed by atoms with Crippen molar-refractivity contribution in [1.29, 1.82) is 0 Å². The molecule has 96 valence electrons. The number of aliphatic carboxylic acids is 1. The summed E-state index contributed by atoms with van der Waals surface area (Å²) >= 11 is 0. The van der Waals surface area contributed by atoms with Gasteiger partial charge < -0.3 is 20.6 Å². The predicted molar refractivity (Wildman–Crippen MR) is 59.2 cm³/mol. The van der Waals surface area contributed by atoms with Crippen LogP contribution in [0.5, 0.6) is 0 Å². The number of nitrogens with two attached hydrogens (primary N) is 1. The highest BCUT2D eigenvalue weighted by Crippen LogP contribution is 2.17. The molecular weight excluding hydrogens is 226 g/mol. The number of primary amides is 1. The van der Waals surface area contributed by atoms with Gasteiger partial charge in [0.15, 0.2) is 0 Å². The van der Waals surface area contributed by atoms with Crippen LogP contribution in [0.15, 0.2) is 0 Å². The third kappa shape index (κ3) is 3.61. The molecule has 0 aromatic heterocycles. The number of carboxylic acids is 1. The lowest BCUT2D eigenvalue weighted by molar-refractivity contribution is -0.137. The summed E-state index contributed by atoms with van der Waals surface area (Å²) in [5.41, 5.74) is 5.18. The van der Waals surface area contributed by atoms with Crippen molar-refractivity contribution in [3.8, 4) is 0 Å². The number of likely N-dealkylation sites (tertiary alicyclic amines) is 1. The minimum atomic E-state index is -1.05. The molecule has 7 nitrogen and oxygen atoms in total. The summed E-state index contributed by atoms with van der Waals surface area (Å²) in [7, 11) is 1.44. The monoisotopic (exact) mass is 243 g/mol. The lowest BCUT2D eigenvalue weighted by atomic mass is 9.96. The van der Waals surface area contributed by atoms with Crippen LogP contribution in [0, 0.1) is 5.92 Å². The number of nitrogens with zero attached hydrogens (tertiary/aromatic N) is 2. The van der Waals surface area contributed by atoms with Crippen molar-refractivity contribution < 1.29 is 19.5 Å². The number of hydrogen-bond donors (Lipinski definition) is 2. The van der Waals surface area contributed by atoms with Gasteiger partial charge in [-0.3, -0.25) is 9.59 Å². The molecule has 0 radical (unpaired) electrons. The average Bonchev–Trinajstić information content (AvgIpc) is 2.27. The molecule has 3 N–H and O–H groups in total. The fourth-order valence-electron chi connectivity index (χ4n) is 1.87. The maximum Gasteiger partial charge on any atom is 0.323 e. The number of carboxylic acid groups (broad SMARTS) is 1. The minimum absolute atomic E-state index is 0.177. The first-order chi connectivity index (χ1) is 7.91. The molecule has 1 aliphatic rings. The standard InChI is InChI=1S/C10H17N3O4/c1-12(6-8(14)15)10(17)13-4-2-7(3-5-13)9(11)16/h7H,2-6H2,1H3,(H2,11,16)(H,14,15). The topological polar surface area (TPSA) is 104 Å². The molecule has 0 saturated carbocycles. The zero-order valence-corrected chi connectivity index (χ0v) is 9.76. The van der Waals surface area contributed by atoms with Crippen molar-refractivity contribution in [3.63, 3.8) is 0 Å². The number of carbonyl (C=O) groups is 3. The van der Waals surface area contributed by atoms with E-state index in [-0.39, 0.29) is 24.4 Å². The van der Waals surface area contributed by atoms with E-state index in [0.29, 0.717) is 25.9 Å². The summed E-state index contributed by atoms with van der Waals surface area (Å²) in [6, 6.07) is -0.324. The van der Waals surface area contributed by atoms with Crippen molar-refractivity contribution in [2.24, 2.45) is 11.7 Å². The Morgan fingerprint density at radius 1 is 1.35 bits per heavy atom. The second kappa shape index (κ2) is 5.51. The molecule has 0 bridgehead atoms. The molecule has 3 amide bonds.